The molecule has 1 heterocycles. The van der Waals surface area contributed by atoms with Crippen molar-refractivity contribution in [3.05, 3.63) is 12.2 Å². The maximum atomic E-state index is 5.55. The van der Waals surface area contributed by atoms with Gasteiger partial charge in [0.1, 0.15) is 6.33 Å². The summed E-state index contributed by atoms with van der Waals surface area (Å²) in [4.78, 5) is 4.17. The first-order chi connectivity index (χ1) is 10.2. The van der Waals surface area contributed by atoms with Crippen molar-refractivity contribution in [2.45, 2.75) is 40.3 Å². The second-order valence-electron chi connectivity index (χ2n) is 5.18. The summed E-state index contributed by atoms with van der Waals surface area (Å²) < 4.78 is 7.55. The van der Waals surface area contributed by atoms with Gasteiger partial charge in [0.2, 0.25) is 0 Å². The largest absolute Gasteiger partial charge is 0.380 e. The van der Waals surface area contributed by atoms with Crippen molar-refractivity contribution in [3.8, 4) is 0 Å². The number of rotatable bonds is 9. The van der Waals surface area contributed by atoms with Crippen molar-refractivity contribution in [1.29, 1.82) is 0 Å². The monoisotopic (exact) mass is 424 g/mol. The zero-order chi connectivity index (χ0) is 15.5. The number of ether oxygens (including phenoxy) is 1. The van der Waals surface area contributed by atoms with Crippen LogP contribution in [-0.4, -0.2) is 47.5 Å². The topological polar surface area (TPSA) is 76.4 Å². The molecule has 0 aliphatic heterocycles. The first kappa shape index (κ1) is 21.1. The maximum absolute atomic E-state index is 5.55. The van der Waals surface area contributed by atoms with E-state index < -0.39 is 0 Å². The predicted molar refractivity (Wildman–Crippen MR) is 99.6 cm³/mol. The molecular weight excluding hydrogens is 395 g/mol. The Morgan fingerprint density at radius 3 is 2.77 bits per heavy atom. The molecule has 8 heteroatoms. The van der Waals surface area contributed by atoms with Crippen LogP contribution in [0.1, 0.15) is 33.0 Å². The quantitative estimate of drug-likeness (QED) is 0.273. The second kappa shape index (κ2) is 12.6. The molecule has 0 amide bonds. The van der Waals surface area contributed by atoms with Crippen molar-refractivity contribution >= 4 is 29.9 Å². The third-order valence-electron chi connectivity index (χ3n) is 3.05. The Labute approximate surface area is 150 Å². The molecule has 1 aromatic rings. The van der Waals surface area contributed by atoms with Gasteiger partial charge in [0.05, 0.1) is 13.2 Å². The van der Waals surface area contributed by atoms with Crippen molar-refractivity contribution in [2.75, 3.05) is 26.8 Å². The highest BCUT2D eigenvalue weighted by molar-refractivity contribution is 14.0. The zero-order valence-corrected chi connectivity index (χ0v) is 16.3. The Hall–Kier alpha value is -0.900. The molecular formula is C14H29IN6O. The predicted octanol–water partition coefficient (Wildman–Crippen LogP) is 1.64. The Bertz CT molecular complexity index is 421. The zero-order valence-electron chi connectivity index (χ0n) is 14.0. The smallest absolute Gasteiger partial charge is 0.191 e. The fourth-order valence-electron chi connectivity index (χ4n) is 1.73. The van der Waals surface area contributed by atoms with Gasteiger partial charge < -0.3 is 19.9 Å². The van der Waals surface area contributed by atoms with Crippen molar-refractivity contribution in [2.24, 2.45) is 10.9 Å². The lowest BCUT2D eigenvalue weighted by Gasteiger charge is -2.12. The third kappa shape index (κ3) is 8.52. The van der Waals surface area contributed by atoms with E-state index in [0.29, 0.717) is 19.1 Å². The van der Waals surface area contributed by atoms with Gasteiger partial charge in [-0.3, -0.25) is 4.99 Å². The molecule has 7 nitrogen and oxygen atoms in total. The van der Waals surface area contributed by atoms with E-state index in [9.17, 15) is 0 Å². The van der Waals surface area contributed by atoms with E-state index in [0.717, 1.165) is 37.9 Å². The Morgan fingerprint density at radius 2 is 2.14 bits per heavy atom. The summed E-state index contributed by atoms with van der Waals surface area (Å²) in [6, 6.07) is 0. The van der Waals surface area contributed by atoms with Gasteiger partial charge >= 0.3 is 0 Å². The summed E-state index contributed by atoms with van der Waals surface area (Å²) in [5.74, 6) is 2.32. The van der Waals surface area contributed by atoms with Crippen LogP contribution in [0.3, 0.4) is 0 Å². The summed E-state index contributed by atoms with van der Waals surface area (Å²) in [6.07, 6.45) is 2.83. The number of aromatic nitrogens is 3. The number of nitrogens with one attached hydrogen (secondary N) is 2. The standard InChI is InChI=1S/C14H28N6O.HI/c1-5-20-11-18-19-13(20)10-17-14(15-4)16-7-9-21-8-6-12(2)3;/h11-12H,5-10H2,1-4H3,(H2,15,16,17);1H. The number of hydrogen-bond acceptors (Lipinski definition) is 4. The second-order valence-corrected chi connectivity index (χ2v) is 5.18. The molecule has 2 N–H and O–H groups in total. The lowest BCUT2D eigenvalue weighted by Crippen LogP contribution is -2.39. The van der Waals surface area contributed by atoms with Crippen LogP contribution in [0.2, 0.25) is 0 Å². The van der Waals surface area contributed by atoms with Crippen LogP contribution in [0, 0.1) is 5.92 Å². The van der Waals surface area contributed by atoms with Gasteiger partial charge in [-0.1, -0.05) is 13.8 Å². The number of aryl methyl sites for hydroxylation is 1. The molecule has 0 spiro atoms. The van der Waals surface area contributed by atoms with E-state index in [-0.39, 0.29) is 24.0 Å². The first-order valence-electron chi connectivity index (χ1n) is 7.56. The van der Waals surface area contributed by atoms with Crippen LogP contribution in [0.5, 0.6) is 0 Å². The van der Waals surface area contributed by atoms with Crippen LogP contribution < -0.4 is 10.6 Å². The Morgan fingerprint density at radius 1 is 1.36 bits per heavy atom. The van der Waals surface area contributed by atoms with Crippen LogP contribution in [-0.2, 0) is 17.8 Å². The molecule has 128 valence electrons. The molecule has 1 aromatic heterocycles. The van der Waals surface area contributed by atoms with Crippen molar-refractivity contribution in [1.82, 2.24) is 25.4 Å². The highest BCUT2D eigenvalue weighted by atomic mass is 127. The molecule has 0 atom stereocenters. The summed E-state index contributed by atoms with van der Waals surface area (Å²) >= 11 is 0. The number of nitrogens with zero attached hydrogens (tertiary/aromatic N) is 4. The molecule has 0 bridgehead atoms. The number of aliphatic imine (C=N–C) groups is 1. The van der Waals surface area contributed by atoms with Gasteiger partial charge in [-0.15, -0.1) is 34.2 Å². The summed E-state index contributed by atoms with van der Waals surface area (Å²) in [5.41, 5.74) is 0. The number of halogens is 1. The van der Waals surface area contributed by atoms with E-state index in [1.54, 1.807) is 13.4 Å². The molecule has 0 radical (unpaired) electrons. The van der Waals surface area contributed by atoms with Crippen LogP contribution >= 0.6 is 24.0 Å². The van der Waals surface area contributed by atoms with E-state index in [2.05, 4.69) is 46.6 Å². The van der Waals surface area contributed by atoms with E-state index in [4.69, 9.17) is 4.74 Å². The van der Waals surface area contributed by atoms with Crippen molar-refractivity contribution in [3.63, 3.8) is 0 Å². The number of guanidine groups is 1. The molecule has 0 saturated heterocycles. The fraction of sp³-hybridized carbons (Fsp3) is 0.786. The SMILES string of the molecule is CCn1cnnc1CNC(=NC)NCCOCCC(C)C.I. The molecule has 0 aliphatic rings. The highest BCUT2D eigenvalue weighted by Crippen LogP contribution is 1.98. The van der Waals surface area contributed by atoms with Gasteiger partial charge in [0, 0.05) is 26.7 Å². The summed E-state index contributed by atoms with van der Waals surface area (Å²) in [7, 11) is 1.75. The first-order valence-corrected chi connectivity index (χ1v) is 7.56. The highest BCUT2D eigenvalue weighted by Gasteiger charge is 2.03. The molecule has 0 unspecified atom stereocenters. The lowest BCUT2D eigenvalue weighted by molar-refractivity contribution is 0.128. The molecule has 1 rings (SSSR count). The van der Waals surface area contributed by atoms with E-state index in [1.165, 1.54) is 0 Å². The van der Waals surface area contributed by atoms with Gasteiger partial charge in [0.25, 0.3) is 0 Å². The van der Waals surface area contributed by atoms with Gasteiger partial charge in [-0.2, -0.15) is 0 Å². The van der Waals surface area contributed by atoms with Gasteiger partial charge in [-0.25, -0.2) is 0 Å². The normalized spacial score (nSPS) is 11.4. The average Bonchev–Trinajstić information content (AvgIpc) is 2.92. The van der Waals surface area contributed by atoms with Crippen LogP contribution in [0.25, 0.3) is 0 Å². The molecule has 0 saturated carbocycles. The summed E-state index contributed by atoms with van der Waals surface area (Å²) in [6.45, 7) is 10.1. The lowest BCUT2D eigenvalue weighted by atomic mass is 10.1. The van der Waals surface area contributed by atoms with Crippen molar-refractivity contribution < 1.29 is 4.74 Å². The van der Waals surface area contributed by atoms with Gasteiger partial charge in [0.15, 0.2) is 11.8 Å². The Balaban J connectivity index is 0.00000441. The third-order valence-corrected chi connectivity index (χ3v) is 3.05. The summed E-state index contributed by atoms with van der Waals surface area (Å²) in [5, 5.41) is 14.4. The van der Waals surface area contributed by atoms with E-state index in [1.807, 2.05) is 4.57 Å². The average molecular weight is 424 g/mol. The molecule has 0 aliphatic carbocycles. The van der Waals surface area contributed by atoms with Crippen LogP contribution in [0.15, 0.2) is 11.3 Å². The molecule has 22 heavy (non-hydrogen) atoms. The Kier molecular flexibility index (Phi) is 12.1. The maximum Gasteiger partial charge on any atom is 0.191 e. The minimum Gasteiger partial charge on any atom is -0.380 e. The molecule has 0 aromatic carbocycles. The van der Waals surface area contributed by atoms with Gasteiger partial charge in [-0.05, 0) is 19.3 Å². The molecule has 0 fully saturated rings. The minimum atomic E-state index is 0. The fourth-order valence-corrected chi connectivity index (χ4v) is 1.73. The number of hydrogen-bond donors (Lipinski definition) is 2. The minimum absolute atomic E-state index is 0. The van der Waals surface area contributed by atoms with E-state index >= 15 is 0 Å². The van der Waals surface area contributed by atoms with Crippen LogP contribution in [0.4, 0.5) is 0 Å².